The Balaban J connectivity index is 2.15. The van der Waals surface area contributed by atoms with Crippen molar-refractivity contribution in [3.05, 3.63) is 34.9 Å². The Hall–Kier alpha value is -1.31. The monoisotopic (exact) mass is 275 g/mol. The fourth-order valence-electron chi connectivity index (χ4n) is 2.27. The molecule has 0 heterocycles. The van der Waals surface area contributed by atoms with Gasteiger partial charge >= 0.3 is 0 Å². The molecule has 1 amide bonds. The maximum Gasteiger partial charge on any atom is 0.251 e. The molecule has 1 rings (SSSR count). The van der Waals surface area contributed by atoms with Gasteiger partial charge in [-0.25, -0.2) is 0 Å². The van der Waals surface area contributed by atoms with E-state index in [0.717, 1.165) is 18.5 Å². The van der Waals surface area contributed by atoms with Crippen LogP contribution in [0.25, 0.3) is 0 Å². The third-order valence-electron chi connectivity index (χ3n) is 3.83. The van der Waals surface area contributed by atoms with E-state index in [-0.39, 0.29) is 5.91 Å². The third-order valence-corrected chi connectivity index (χ3v) is 3.83. The molecule has 1 aromatic rings. The van der Waals surface area contributed by atoms with Crippen molar-refractivity contribution < 1.29 is 4.79 Å². The van der Waals surface area contributed by atoms with Crippen LogP contribution in [0, 0.1) is 13.8 Å². The fraction of sp³-hybridized carbons (Fsp3) is 0.611. The highest BCUT2D eigenvalue weighted by Crippen LogP contribution is 2.10. The first-order valence-electron chi connectivity index (χ1n) is 8.00. The van der Waals surface area contributed by atoms with Crippen molar-refractivity contribution in [2.24, 2.45) is 0 Å². The summed E-state index contributed by atoms with van der Waals surface area (Å²) in [6.07, 6.45) is 8.93. The summed E-state index contributed by atoms with van der Waals surface area (Å²) < 4.78 is 0. The molecule has 0 saturated carbocycles. The van der Waals surface area contributed by atoms with E-state index in [1.165, 1.54) is 49.7 Å². The van der Waals surface area contributed by atoms with Gasteiger partial charge in [0.15, 0.2) is 0 Å². The molecule has 1 N–H and O–H groups in total. The van der Waals surface area contributed by atoms with Gasteiger partial charge in [-0.3, -0.25) is 4.79 Å². The zero-order chi connectivity index (χ0) is 14.8. The summed E-state index contributed by atoms with van der Waals surface area (Å²) in [6.45, 7) is 7.14. The Morgan fingerprint density at radius 3 is 2.25 bits per heavy atom. The molecule has 0 aliphatic carbocycles. The maximum atomic E-state index is 12.0. The van der Waals surface area contributed by atoms with Crippen LogP contribution in [0.2, 0.25) is 0 Å². The number of aryl methyl sites for hydroxylation is 2. The Morgan fingerprint density at radius 1 is 0.950 bits per heavy atom. The number of nitrogens with one attached hydrogen (secondary N) is 1. The molecule has 0 aliphatic rings. The Morgan fingerprint density at radius 2 is 1.60 bits per heavy atom. The number of benzene rings is 1. The lowest BCUT2D eigenvalue weighted by Gasteiger charge is -2.07. The van der Waals surface area contributed by atoms with Crippen molar-refractivity contribution in [3.8, 4) is 0 Å². The molecule has 20 heavy (non-hydrogen) atoms. The van der Waals surface area contributed by atoms with Crippen molar-refractivity contribution in [3.63, 3.8) is 0 Å². The zero-order valence-electron chi connectivity index (χ0n) is 13.3. The SMILES string of the molecule is CCCCCCCCCNC(=O)c1ccc(C)c(C)c1. The smallest absolute Gasteiger partial charge is 0.251 e. The molecule has 1 aromatic carbocycles. The van der Waals surface area contributed by atoms with E-state index in [4.69, 9.17) is 0 Å². The van der Waals surface area contributed by atoms with Gasteiger partial charge in [-0.2, -0.15) is 0 Å². The Kier molecular flexibility index (Phi) is 8.01. The molecular weight excluding hydrogens is 246 g/mol. The predicted molar refractivity (Wildman–Crippen MR) is 86.2 cm³/mol. The Bertz CT molecular complexity index is 412. The lowest BCUT2D eigenvalue weighted by atomic mass is 10.1. The van der Waals surface area contributed by atoms with Gasteiger partial charge in [-0.05, 0) is 43.5 Å². The van der Waals surface area contributed by atoms with Crippen molar-refractivity contribution in [1.29, 1.82) is 0 Å². The van der Waals surface area contributed by atoms with Crippen LogP contribution in [0.3, 0.4) is 0 Å². The van der Waals surface area contributed by atoms with E-state index in [9.17, 15) is 4.79 Å². The molecule has 0 atom stereocenters. The lowest BCUT2D eigenvalue weighted by molar-refractivity contribution is 0.0953. The van der Waals surface area contributed by atoms with Crippen LogP contribution in [0.5, 0.6) is 0 Å². The number of hydrogen-bond donors (Lipinski definition) is 1. The highest BCUT2D eigenvalue weighted by Gasteiger charge is 2.05. The minimum absolute atomic E-state index is 0.0547. The van der Waals surface area contributed by atoms with Crippen molar-refractivity contribution >= 4 is 5.91 Å². The molecular formula is C18H29NO. The largest absolute Gasteiger partial charge is 0.352 e. The normalized spacial score (nSPS) is 10.6. The van der Waals surface area contributed by atoms with Gasteiger partial charge in [0.05, 0.1) is 0 Å². The van der Waals surface area contributed by atoms with Crippen molar-refractivity contribution in [1.82, 2.24) is 5.32 Å². The molecule has 112 valence electrons. The molecule has 0 fully saturated rings. The number of amides is 1. The molecule has 2 nitrogen and oxygen atoms in total. The topological polar surface area (TPSA) is 29.1 Å². The van der Waals surface area contributed by atoms with Gasteiger partial charge in [0.1, 0.15) is 0 Å². The van der Waals surface area contributed by atoms with E-state index in [0.29, 0.717) is 0 Å². The average Bonchev–Trinajstić information content (AvgIpc) is 2.44. The second-order valence-corrected chi connectivity index (χ2v) is 5.68. The lowest BCUT2D eigenvalue weighted by Crippen LogP contribution is -2.24. The summed E-state index contributed by atoms with van der Waals surface area (Å²) >= 11 is 0. The molecule has 2 heteroatoms. The minimum atomic E-state index is 0.0547. The summed E-state index contributed by atoms with van der Waals surface area (Å²) in [4.78, 5) is 12.0. The maximum absolute atomic E-state index is 12.0. The fourth-order valence-corrected chi connectivity index (χ4v) is 2.27. The second kappa shape index (κ2) is 9.57. The summed E-state index contributed by atoms with van der Waals surface area (Å²) in [5.74, 6) is 0.0547. The minimum Gasteiger partial charge on any atom is -0.352 e. The summed E-state index contributed by atoms with van der Waals surface area (Å²) in [7, 11) is 0. The summed E-state index contributed by atoms with van der Waals surface area (Å²) in [5, 5.41) is 3.01. The van der Waals surface area contributed by atoms with Gasteiger partial charge in [0.2, 0.25) is 0 Å². The van der Waals surface area contributed by atoms with Crippen LogP contribution < -0.4 is 5.32 Å². The van der Waals surface area contributed by atoms with Crippen LogP contribution in [0.15, 0.2) is 18.2 Å². The van der Waals surface area contributed by atoms with Crippen molar-refractivity contribution in [2.75, 3.05) is 6.54 Å². The first kappa shape index (κ1) is 16.7. The standard InChI is InChI=1S/C18H29NO/c1-4-5-6-7-8-9-10-13-19-18(20)17-12-11-15(2)16(3)14-17/h11-12,14H,4-10,13H2,1-3H3,(H,19,20). The highest BCUT2D eigenvalue weighted by molar-refractivity contribution is 5.94. The van der Waals surface area contributed by atoms with Gasteiger partial charge in [0.25, 0.3) is 5.91 Å². The van der Waals surface area contributed by atoms with E-state index in [1.54, 1.807) is 0 Å². The van der Waals surface area contributed by atoms with Crippen LogP contribution in [0.4, 0.5) is 0 Å². The van der Waals surface area contributed by atoms with Gasteiger partial charge < -0.3 is 5.32 Å². The highest BCUT2D eigenvalue weighted by atomic mass is 16.1. The summed E-state index contributed by atoms with van der Waals surface area (Å²) in [5.41, 5.74) is 3.18. The van der Waals surface area contributed by atoms with Crippen LogP contribution in [-0.4, -0.2) is 12.5 Å². The molecule has 0 saturated heterocycles. The van der Waals surface area contributed by atoms with Crippen LogP contribution >= 0.6 is 0 Å². The molecule has 0 aromatic heterocycles. The number of carbonyl (C=O) groups excluding carboxylic acids is 1. The number of carbonyl (C=O) groups is 1. The quantitative estimate of drug-likeness (QED) is 0.645. The van der Waals surface area contributed by atoms with Crippen molar-refractivity contribution in [2.45, 2.75) is 65.7 Å². The van der Waals surface area contributed by atoms with E-state index in [1.807, 2.05) is 25.1 Å². The molecule has 0 spiro atoms. The third kappa shape index (κ3) is 6.23. The van der Waals surface area contributed by atoms with Gasteiger partial charge in [-0.15, -0.1) is 0 Å². The molecule has 0 unspecified atom stereocenters. The zero-order valence-corrected chi connectivity index (χ0v) is 13.3. The molecule has 0 radical (unpaired) electrons. The Labute approximate surface area is 124 Å². The molecule has 0 aliphatic heterocycles. The number of unbranched alkanes of at least 4 members (excludes halogenated alkanes) is 6. The molecule has 0 bridgehead atoms. The number of hydrogen-bond acceptors (Lipinski definition) is 1. The van der Waals surface area contributed by atoms with Gasteiger partial charge in [-0.1, -0.05) is 51.5 Å². The first-order valence-corrected chi connectivity index (χ1v) is 8.00. The number of rotatable bonds is 9. The second-order valence-electron chi connectivity index (χ2n) is 5.68. The van der Waals surface area contributed by atoms with Crippen LogP contribution in [-0.2, 0) is 0 Å². The van der Waals surface area contributed by atoms with E-state index >= 15 is 0 Å². The predicted octanol–water partition coefficient (Wildman–Crippen LogP) is 4.78. The first-order chi connectivity index (χ1) is 9.65. The van der Waals surface area contributed by atoms with E-state index in [2.05, 4.69) is 19.2 Å². The van der Waals surface area contributed by atoms with Gasteiger partial charge in [0, 0.05) is 12.1 Å². The summed E-state index contributed by atoms with van der Waals surface area (Å²) in [6, 6.07) is 5.88. The van der Waals surface area contributed by atoms with Crippen LogP contribution in [0.1, 0.15) is 73.4 Å². The average molecular weight is 275 g/mol. The van der Waals surface area contributed by atoms with E-state index < -0.39 is 0 Å².